The van der Waals surface area contributed by atoms with E-state index in [0.717, 1.165) is 32.0 Å². The highest BCUT2D eigenvalue weighted by Crippen LogP contribution is 2.30. The Labute approximate surface area is 139 Å². The fraction of sp³-hybridized carbons (Fsp3) is 0.222. The van der Waals surface area contributed by atoms with Gasteiger partial charge in [-0.25, -0.2) is 0 Å². The zero-order chi connectivity index (χ0) is 16.6. The molecule has 4 nitrogen and oxygen atoms in total. The van der Waals surface area contributed by atoms with Gasteiger partial charge in [-0.1, -0.05) is 17.4 Å². The van der Waals surface area contributed by atoms with Crippen LogP contribution in [0.4, 0.5) is 5.69 Å². The number of hydrogen-bond acceptors (Lipinski definition) is 4. The Morgan fingerprint density at radius 1 is 1.17 bits per heavy atom. The van der Waals surface area contributed by atoms with Gasteiger partial charge in [0.05, 0.1) is 5.56 Å². The molecule has 0 amide bonds. The molecule has 0 saturated heterocycles. The van der Waals surface area contributed by atoms with Crippen molar-refractivity contribution in [2.45, 2.75) is 6.42 Å². The maximum atomic E-state index is 10.8. The number of benzene rings is 2. The van der Waals surface area contributed by atoms with Crippen LogP contribution in [0.1, 0.15) is 5.56 Å². The number of rotatable bonds is 4. The number of anilines is 1. The summed E-state index contributed by atoms with van der Waals surface area (Å²) in [7, 11) is 6.08. The molecule has 0 aliphatic rings. The first kappa shape index (κ1) is 15.5. The smallest absolute Gasteiger partial charge is 0.269 e. The van der Waals surface area contributed by atoms with E-state index in [0.29, 0.717) is 0 Å². The average Bonchev–Trinajstić information content (AvgIpc) is 2.83. The number of nitrogens with zero attached hydrogens (tertiary/aromatic N) is 2. The Hall–Kier alpha value is -2.40. The Kier molecular flexibility index (Phi) is 4.05. The summed E-state index contributed by atoms with van der Waals surface area (Å²) in [6.45, 7) is 0. The molecule has 0 aliphatic heterocycles. The standard InChI is InChI=1S/C18H18N2O2S/c1-19(2)14-7-5-13(6-8-14)18-20(3)15-9-4-12(11-17(21)22)10-16(15)23-18/h4-10H,11H2,1-3H3. The second kappa shape index (κ2) is 6.01. The SMILES string of the molecule is CN(C)c1ccc(-c2sc3cc(CC(=O)[O-])ccc3[n+]2C)cc1. The first-order valence-corrected chi connectivity index (χ1v) is 8.16. The molecule has 0 spiro atoms. The Bertz CT molecular complexity index is 867. The van der Waals surface area contributed by atoms with E-state index in [1.54, 1.807) is 11.3 Å². The molecule has 3 rings (SSSR count). The molecule has 0 unspecified atom stereocenters. The quantitative estimate of drug-likeness (QED) is 0.686. The third kappa shape index (κ3) is 3.05. The van der Waals surface area contributed by atoms with Crippen molar-refractivity contribution in [1.29, 1.82) is 0 Å². The van der Waals surface area contributed by atoms with E-state index in [1.165, 1.54) is 0 Å². The lowest BCUT2D eigenvalue weighted by molar-refractivity contribution is -0.629. The highest BCUT2D eigenvalue weighted by molar-refractivity contribution is 7.21. The first-order valence-electron chi connectivity index (χ1n) is 7.35. The molecular formula is C18H18N2O2S. The lowest BCUT2D eigenvalue weighted by atomic mass is 10.1. The fourth-order valence-electron chi connectivity index (χ4n) is 2.63. The van der Waals surface area contributed by atoms with Crippen molar-refractivity contribution in [2.75, 3.05) is 19.0 Å². The van der Waals surface area contributed by atoms with Crippen molar-refractivity contribution >= 4 is 33.2 Å². The number of aryl methyl sites for hydroxylation is 1. The molecule has 0 N–H and O–H groups in total. The summed E-state index contributed by atoms with van der Waals surface area (Å²) < 4.78 is 3.23. The van der Waals surface area contributed by atoms with Crippen molar-refractivity contribution in [3.8, 4) is 10.6 Å². The van der Waals surface area contributed by atoms with Crippen LogP contribution in [-0.2, 0) is 18.3 Å². The van der Waals surface area contributed by atoms with E-state index in [1.807, 2.05) is 39.3 Å². The maximum absolute atomic E-state index is 10.8. The van der Waals surface area contributed by atoms with E-state index in [4.69, 9.17) is 0 Å². The molecular weight excluding hydrogens is 308 g/mol. The molecule has 3 aromatic rings. The lowest BCUT2D eigenvalue weighted by Crippen LogP contribution is -2.28. The molecule has 0 aliphatic carbocycles. The van der Waals surface area contributed by atoms with E-state index in [2.05, 4.69) is 33.7 Å². The Morgan fingerprint density at radius 3 is 2.48 bits per heavy atom. The van der Waals surface area contributed by atoms with Crippen LogP contribution >= 0.6 is 11.3 Å². The molecule has 0 saturated carbocycles. The third-order valence-corrected chi connectivity index (χ3v) is 5.13. The highest BCUT2D eigenvalue weighted by Gasteiger charge is 2.19. The zero-order valence-electron chi connectivity index (χ0n) is 13.4. The van der Waals surface area contributed by atoms with Crippen LogP contribution in [0.25, 0.3) is 20.8 Å². The van der Waals surface area contributed by atoms with E-state index in [-0.39, 0.29) is 6.42 Å². The van der Waals surface area contributed by atoms with Crippen LogP contribution in [0.2, 0.25) is 0 Å². The van der Waals surface area contributed by atoms with Gasteiger partial charge in [-0.3, -0.25) is 0 Å². The van der Waals surface area contributed by atoms with Crippen molar-refractivity contribution in [3.63, 3.8) is 0 Å². The average molecular weight is 326 g/mol. The Balaban J connectivity index is 2.03. The monoisotopic (exact) mass is 326 g/mol. The van der Waals surface area contributed by atoms with Crippen molar-refractivity contribution in [1.82, 2.24) is 0 Å². The number of aromatic nitrogens is 1. The van der Waals surface area contributed by atoms with Crippen LogP contribution < -0.4 is 14.6 Å². The highest BCUT2D eigenvalue weighted by atomic mass is 32.1. The van der Waals surface area contributed by atoms with Gasteiger partial charge in [0.25, 0.3) is 5.01 Å². The molecule has 1 aromatic heterocycles. The van der Waals surface area contributed by atoms with Gasteiger partial charge in [-0.15, -0.1) is 0 Å². The van der Waals surface area contributed by atoms with E-state index >= 15 is 0 Å². The summed E-state index contributed by atoms with van der Waals surface area (Å²) >= 11 is 1.67. The van der Waals surface area contributed by atoms with Crippen LogP contribution in [0.5, 0.6) is 0 Å². The summed E-state index contributed by atoms with van der Waals surface area (Å²) in [5.41, 5.74) is 4.19. The lowest BCUT2D eigenvalue weighted by Gasteiger charge is -2.11. The predicted molar refractivity (Wildman–Crippen MR) is 91.5 cm³/mol. The molecule has 1 heterocycles. The fourth-order valence-corrected chi connectivity index (χ4v) is 3.85. The van der Waals surface area contributed by atoms with Crippen molar-refractivity contribution in [2.24, 2.45) is 7.05 Å². The second-order valence-electron chi connectivity index (χ2n) is 5.76. The number of carboxylic acids is 1. The van der Waals surface area contributed by atoms with Crippen LogP contribution in [0.3, 0.4) is 0 Å². The molecule has 0 radical (unpaired) electrons. The molecule has 118 valence electrons. The van der Waals surface area contributed by atoms with Crippen molar-refractivity contribution < 1.29 is 14.5 Å². The largest absolute Gasteiger partial charge is 0.550 e. The molecule has 2 aromatic carbocycles. The van der Waals surface area contributed by atoms with Gasteiger partial charge in [0, 0.05) is 38.2 Å². The Morgan fingerprint density at radius 2 is 1.87 bits per heavy atom. The summed E-state index contributed by atoms with van der Waals surface area (Å²) in [4.78, 5) is 12.8. The van der Waals surface area contributed by atoms with Crippen LogP contribution in [-0.4, -0.2) is 20.1 Å². The van der Waals surface area contributed by atoms with E-state index in [9.17, 15) is 9.90 Å². The minimum atomic E-state index is -1.05. The normalized spacial score (nSPS) is 10.9. The summed E-state index contributed by atoms with van der Waals surface area (Å²) in [5.74, 6) is -1.05. The summed E-state index contributed by atoms with van der Waals surface area (Å²) in [5, 5.41) is 11.9. The first-order chi connectivity index (χ1) is 11.0. The van der Waals surface area contributed by atoms with Gasteiger partial charge in [0.15, 0.2) is 0 Å². The number of aliphatic carboxylic acids is 1. The predicted octanol–water partition coefficient (Wildman–Crippen LogP) is 1.75. The van der Waals surface area contributed by atoms with E-state index < -0.39 is 5.97 Å². The third-order valence-electron chi connectivity index (χ3n) is 3.88. The van der Waals surface area contributed by atoms with Crippen LogP contribution in [0.15, 0.2) is 42.5 Å². The number of thiazole rings is 1. The van der Waals surface area contributed by atoms with Crippen molar-refractivity contribution in [3.05, 3.63) is 48.0 Å². The summed E-state index contributed by atoms with van der Waals surface area (Å²) in [6.07, 6.45) is -0.0512. The number of fused-ring (bicyclic) bond motifs is 1. The second-order valence-corrected chi connectivity index (χ2v) is 6.79. The number of carboxylic acid groups (broad SMARTS) is 1. The minimum absolute atomic E-state index is 0.0512. The van der Waals surface area contributed by atoms with Gasteiger partial charge >= 0.3 is 0 Å². The van der Waals surface area contributed by atoms with Gasteiger partial charge in [0.1, 0.15) is 11.7 Å². The van der Waals surface area contributed by atoms with Crippen LogP contribution in [0, 0.1) is 0 Å². The van der Waals surface area contributed by atoms with Gasteiger partial charge < -0.3 is 14.8 Å². The zero-order valence-corrected chi connectivity index (χ0v) is 14.2. The number of carbonyl (C=O) groups is 1. The van der Waals surface area contributed by atoms with Gasteiger partial charge in [-0.05, 0) is 35.9 Å². The molecule has 0 fully saturated rings. The van der Waals surface area contributed by atoms with Gasteiger partial charge in [0.2, 0.25) is 5.52 Å². The summed E-state index contributed by atoms with van der Waals surface area (Å²) in [6, 6.07) is 14.2. The molecule has 0 atom stereocenters. The number of carbonyl (C=O) groups excluding carboxylic acids is 1. The molecule has 5 heteroatoms. The molecule has 23 heavy (non-hydrogen) atoms. The molecule has 0 bridgehead atoms. The topological polar surface area (TPSA) is 47.3 Å². The minimum Gasteiger partial charge on any atom is -0.550 e. The number of hydrogen-bond donors (Lipinski definition) is 0. The maximum Gasteiger partial charge on any atom is 0.269 e. The van der Waals surface area contributed by atoms with Gasteiger partial charge in [-0.2, -0.15) is 4.57 Å².